The zero-order valence-electron chi connectivity index (χ0n) is 13.9. The molecule has 0 spiro atoms. The summed E-state index contributed by atoms with van der Waals surface area (Å²) in [5.74, 6) is 0.269. The average Bonchev–Trinajstić information content (AvgIpc) is 3.05. The minimum Gasteiger partial charge on any atom is -0.305 e. The molecule has 0 unspecified atom stereocenters. The van der Waals surface area contributed by atoms with Crippen LogP contribution in [-0.2, 0) is 12.8 Å². The second-order valence-electron chi connectivity index (χ2n) is 6.21. The smallest absolute Gasteiger partial charge is 0.260 e. The number of aromatic nitrogens is 2. The quantitative estimate of drug-likeness (QED) is 0.705. The van der Waals surface area contributed by atoms with Gasteiger partial charge in [-0.25, -0.2) is 4.98 Å². The van der Waals surface area contributed by atoms with E-state index in [0.717, 1.165) is 31.2 Å². The summed E-state index contributed by atoms with van der Waals surface area (Å²) in [5, 5.41) is 19.2. The van der Waals surface area contributed by atoms with Crippen LogP contribution in [0.5, 0.6) is 0 Å². The lowest BCUT2D eigenvalue weighted by atomic mass is 9.97. The molecule has 5 nitrogen and oxygen atoms in total. The first kappa shape index (κ1) is 16.3. The van der Waals surface area contributed by atoms with Crippen LogP contribution in [0.1, 0.15) is 40.2 Å². The summed E-state index contributed by atoms with van der Waals surface area (Å²) in [6.07, 6.45) is 5.79. The zero-order chi connectivity index (χ0) is 18.1. The Morgan fingerprint density at radius 2 is 2.12 bits per heavy atom. The van der Waals surface area contributed by atoms with Crippen molar-refractivity contribution in [3.8, 4) is 12.1 Å². The molecule has 2 heterocycles. The number of benzene rings is 1. The van der Waals surface area contributed by atoms with E-state index in [9.17, 15) is 10.1 Å². The second-order valence-corrected chi connectivity index (χ2v) is 7.30. The highest BCUT2D eigenvalue weighted by molar-refractivity contribution is 7.18. The number of aryl methyl sites for hydroxylation is 2. The fraction of sp³-hybridized carbons (Fsp3) is 0.200. The number of allylic oxidation sites excluding steroid dienone is 1. The lowest BCUT2D eigenvalue weighted by molar-refractivity contribution is 0.700. The lowest BCUT2D eigenvalue weighted by Gasteiger charge is -2.09. The van der Waals surface area contributed by atoms with Crippen LogP contribution >= 0.6 is 11.3 Å². The normalized spacial score (nSPS) is 13.8. The molecule has 126 valence electrons. The SMILES string of the molecule is N#C/C(=C\c1cccc(C#N)c1)c1nc2sc3c(c2c(=O)[nH]1)CCCC3. The Balaban J connectivity index is 1.84. The summed E-state index contributed by atoms with van der Waals surface area (Å²) in [6.45, 7) is 0. The van der Waals surface area contributed by atoms with E-state index >= 15 is 0 Å². The van der Waals surface area contributed by atoms with E-state index < -0.39 is 0 Å². The maximum absolute atomic E-state index is 12.6. The summed E-state index contributed by atoms with van der Waals surface area (Å²) in [7, 11) is 0. The molecule has 1 aliphatic carbocycles. The summed E-state index contributed by atoms with van der Waals surface area (Å²) in [4.78, 5) is 21.9. The van der Waals surface area contributed by atoms with Gasteiger partial charge < -0.3 is 4.98 Å². The number of nitrogens with zero attached hydrogens (tertiary/aromatic N) is 3. The molecule has 0 fully saturated rings. The highest BCUT2D eigenvalue weighted by atomic mass is 32.1. The molecule has 0 aliphatic heterocycles. The molecule has 4 rings (SSSR count). The number of aromatic amines is 1. The Labute approximate surface area is 153 Å². The van der Waals surface area contributed by atoms with Crippen LogP contribution in [0, 0.1) is 22.7 Å². The predicted molar refractivity (Wildman–Crippen MR) is 102 cm³/mol. The topological polar surface area (TPSA) is 93.3 Å². The first-order chi connectivity index (χ1) is 12.7. The van der Waals surface area contributed by atoms with Crippen molar-refractivity contribution in [1.82, 2.24) is 9.97 Å². The highest BCUT2D eigenvalue weighted by Crippen LogP contribution is 2.33. The summed E-state index contributed by atoms with van der Waals surface area (Å²) in [5.41, 5.74) is 2.44. The largest absolute Gasteiger partial charge is 0.305 e. The van der Waals surface area contributed by atoms with Crippen LogP contribution in [0.3, 0.4) is 0 Å². The van der Waals surface area contributed by atoms with Gasteiger partial charge in [0.2, 0.25) is 0 Å². The second kappa shape index (κ2) is 6.59. The molecule has 0 saturated carbocycles. The predicted octanol–water partition coefficient (Wildman–Crippen LogP) is 3.80. The molecule has 2 aromatic heterocycles. The van der Waals surface area contributed by atoms with Crippen molar-refractivity contribution in [3.05, 3.63) is 62.0 Å². The fourth-order valence-electron chi connectivity index (χ4n) is 3.31. The maximum Gasteiger partial charge on any atom is 0.260 e. The molecular formula is C20H14N4OS. The van der Waals surface area contributed by atoms with E-state index in [0.29, 0.717) is 21.3 Å². The van der Waals surface area contributed by atoms with Gasteiger partial charge in [0.1, 0.15) is 10.9 Å². The van der Waals surface area contributed by atoms with E-state index in [4.69, 9.17) is 5.26 Å². The average molecular weight is 358 g/mol. The van der Waals surface area contributed by atoms with E-state index in [-0.39, 0.29) is 17.0 Å². The first-order valence-electron chi connectivity index (χ1n) is 8.36. The number of hydrogen-bond acceptors (Lipinski definition) is 5. The van der Waals surface area contributed by atoms with Gasteiger partial charge in [-0.15, -0.1) is 11.3 Å². The monoisotopic (exact) mass is 358 g/mol. The molecule has 0 saturated heterocycles. The molecule has 3 aromatic rings. The Kier molecular flexibility index (Phi) is 4.12. The molecule has 26 heavy (non-hydrogen) atoms. The van der Waals surface area contributed by atoms with Crippen molar-refractivity contribution >= 4 is 33.2 Å². The molecular weight excluding hydrogens is 344 g/mol. The Morgan fingerprint density at radius 3 is 2.92 bits per heavy atom. The number of nitrogens with one attached hydrogen (secondary N) is 1. The van der Waals surface area contributed by atoms with Crippen LogP contribution in [0.2, 0.25) is 0 Å². The molecule has 1 aromatic carbocycles. The third-order valence-corrected chi connectivity index (χ3v) is 5.71. The molecule has 0 amide bonds. The van der Waals surface area contributed by atoms with E-state index in [1.807, 2.05) is 0 Å². The number of nitriles is 2. The Hall–Kier alpha value is -3.22. The van der Waals surface area contributed by atoms with Crippen molar-refractivity contribution in [2.45, 2.75) is 25.7 Å². The van der Waals surface area contributed by atoms with Crippen molar-refractivity contribution in [2.75, 3.05) is 0 Å². The molecule has 6 heteroatoms. The van der Waals surface area contributed by atoms with Gasteiger partial charge in [-0.05, 0) is 55.0 Å². The molecule has 0 bridgehead atoms. The molecule has 0 atom stereocenters. The number of hydrogen-bond donors (Lipinski definition) is 1. The maximum atomic E-state index is 12.6. The van der Waals surface area contributed by atoms with Gasteiger partial charge >= 0.3 is 0 Å². The van der Waals surface area contributed by atoms with Gasteiger partial charge in [0.15, 0.2) is 5.82 Å². The van der Waals surface area contributed by atoms with Crippen LogP contribution in [0.25, 0.3) is 21.9 Å². The lowest BCUT2D eigenvalue weighted by Crippen LogP contribution is -2.12. The first-order valence-corrected chi connectivity index (χ1v) is 9.18. The van der Waals surface area contributed by atoms with Crippen LogP contribution in [-0.4, -0.2) is 9.97 Å². The van der Waals surface area contributed by atoms with E-state index in [2.05, 4.69) is 22.1 Å². The minimum atomic E-state index is -0.184. The molecule has 1 N–H and O–H groups in total. The van der Waals surface area contributed by atoms with Crippen molar-refractivity contribution in [2.24, 2.45) is 0 Å². The van der Waals surface area contributed by atoms with Crippen LogP contribution in [0.4, 0.5) is 0 Å². The van der Waals surface area contributed by atoms with Gasteiger partial charge in [-0.1, -0.05) is 12.1 Å². The van der Waals surface area contributed by atoms with Crippen molar-refractivity contribution in [3.63, 3.8) is 0 Å². The summed E-state index contributed by atoms with van der Waals surface area (Å²) in [6, 6.07) is 11.1. The van der Waals surface area contributed by atoms with E-state index in [1.165, 1.54) is 4.88 Å². The van der Waals surface area contributed by atoms with Gasteiger partial charge in [-0.2, -0.15) is 10.5 Å². The standard InChI is InChI=1S/C20H14N4OS/c21-10-13-5-3-4-12(8-13)9-14(11-22)18-23-19(25)17-15-6-1-2-7-16(15)26-20(17)24-18/h3-5,8-9H,1-2,6-7H2,(H,23,24,25)/b14-9+. The summed E-state index contributed by atoms with van der Waals surface area (Å²) < 4.78 is 0. The number of rotatable bonds is 2. The summed E-state index contributed by atoms with van der Waals surface area (Å²) >= 11 is 1.56. The Morgan fingerprint density at radius 1 is 1.27 bits per heavy atom. The third-order valence-electron chi connectivity index (χ3n) is 4.53. The van der Waals surface area contributed by atoms with Crippen LogP contribution < -0.4 is 5.56 Å². The number of fused-ring (bicyclic) bond motifs is 3. The highest BCUT2D eigenvalue weighted by Gasteiger charge is 2.20. The molecule has 0 radical (unpaired) electrons. The Bertz CT molecular complexity index is 1190. The number of H-pyrrole nitrogens is 1. The van der Waals surface area contributed by atoms with E-state index in [1.54, 1.807) is 41.7 Å². The minimum absolute atomic E-state index is 0.184. The van der Waals surface area contributed by atoms with Crippen LogP contribution in [0.15, 0.2) is 29.1 Å². The van der Waals surface area contributed by atoms with Crippen molar-refractivity contribution < 1.29 is 0 Å². The number of thiophene rings is 1. The van der Waals surface area contributed by atoms with Crippen molar-refractivity contribution in [1.29, 1.82) is 10.5 Å². The fourth-order valence-corrected chi connectivity index (χ4v) is 4.57. The van der Waals surface area contributed by atoms with Gasteiger partial charge in [0.25, 0.3) is 5.56 Å². The van der Waals surface area contributed by atoms with Gasteiger partial charge in [0.05, 0.1) is 22.6 Å². The molecule has 1 aliphatic rings. The zero-order valence-corrected chi connectivity index (χ0v) is 14.7. The third kappa shape index (κ3) is 2.81. The van der Waals surface area contributed by atoms with Gasteiger partial charge in [0, 0.05) is 4.88 Å². The van der Waals surface area contributed by atoms with Gasteiger partial charge in [-0.3, -0.25) is 4.79 Å².